The molecule has 80 valence electrons. The van der Waals surface area contributed by atoms with Gasteiger partial charge in [0.05, 0.1) is 0 Å². The van der Waals surface area contributed by atoms with Crippen molar-refractivity contribution < 1.29 is 0 Å². The van der Waals surface area contributed by atoms with E-state index in [1.165, 1.54) is 11.5 Å². The summed E-state index contributed by atoms with van der Waals surface area (Å²) < 4.78 is 2.40. The first-order valence-electron chi connectivity index (χ1n) is 3.87. The van der Waals surface area contributed by atoms with Gasteiger partial charge in [-0.25, -0.2) is 0 Å². The monoisotopic (exact) mass is 273 g/mol. The highest BCUT2D eigenvalue weighted by Crippen LogP contribution is 2.37. The Morgan fingerprint density at radius 1 is 1.21 bits per heavy atom. The Kier molecular flexibility index (Phi) is 3.52. The largest absolute Gasteiger partial charge is 0.356 e. The fraction of sp³-hybridized carbons (Fsp3) is 0.714. The SMILES string of the molecule is CC(C)(C)Nc1nc(C(Cl)(Cl)Cl)ns1. The summed E-state index contributed by atoms with van der Waals surface area (Å²) in [5.74, 6) is 0.208. The molecule has 0 saturated heterocycles. The number of hydrogen-bond donors (Lipinski definition) is 1. The van der Waals surface area contributed by atoms with E-state index >= 15 is 0 Å². The molecule has 0 amide bonds. The van der Waals surface area contributed by atoms with E-state index in [9.17, 15) is 0 Å². The normalized spacial score (nSPS) is 13.0. The van der Waals surface area contributed by atoms with E-state index in [0.717, 1.165) is 0 Å². The molecule has 1 aromatic heterocycles. The van der Waals surface area contributed by atoms with Gasteiger partial charge in [0.15, 0.2) is 5.82 Å². The average molecular weight is 275 g/mol. The molecule has 0 aliphatic carbocycles. The topological polar surface area (TPSA) is 37.8 Å². The molecule has 0 atom stereocenters. The van der Waals surface area contributed by atoms with Crippen molar-refractivity contribution in [1.82, 2.24) is 9.36 Å². The van der Waals surface area contributed by atoms with E-state index in [4.69, 9.17) is 34.8 Å². The third kappa shape index (κ3) is 3.77. The molecule has 0 spiro atoms. The second kappa shape index (κ2) is 4.00. The molecule has 0 aliphatic heterocycles. The first-order valence-corrected chi connectivity index (χ1v) is 5.78. The number of aromatic nitrogens is 2. The van der Waals surface area contributed by atoms with Crippen molar-refractivity contribution in [3.63, 3.8) is 0 Å². The molecular formula is C7H10Cl3N3S. The molecule has 0 unspecified atom stereocenters. The first-order chi connectivity index (χ1) is 6.18. The van der Waals surface area contributed by atoms with E-state index in [1.807, 2.05) is 20.8 Å². The van der Waals surface area contributed by atoms with Crippen LogP contribution in [0.5, 0.6) is 0 Å². The Morgan fingerprint density at radius 2 is 1.79 bits per heavy atom. The highest BCUT2D eigenvalue weighted by molar-refractivity contribution is 7.09. The van der Waals surface area contributed by atoms with Crippen LogP contribution in [0, 0.1) is 0 Å². The van der Waals surface area contributed by atoms with Gasteiger partial charge in [-0.3, -0.25) is 0 Å². The summed E-state index contributed by atoms with van der Waals surface area (Å²) in [5.41, 5.74) is -0.0790. The maximum atomic E-state index is 5.63. The van der Waals surface area contributed by atoms with Crippen LogP contribution in [-0.4, -0.2) is 14.9 Å². The summed E-state index contributed by atoms with van der Waals surface area (Å²) in [6.07, 6.45) is 0. The minimum Gasteiger partial charge on any atom is -0.356 e. The fourth-order valence-corrected chi connectivity index (χ4v) is 1.94. The van der Waals surface area contributed by atoms with Gasteiger partial charge >= 0.3 is 0 Å². The maximum Gasteiger partial charge on any atom is 0.251 e. The van der Waals surface area contributed by atoms with Crippen molar-refractivity contribution >= 4 is 51.5 Å². The molecule has 1 rings (SSSR count). The zero-order chi connectivity index (χ0) is 11.0. The van der Waals surface area contributed by atoms with Crippen LogP contribution in [0.2, 0.25) is 0 Å². The molecule has 0 radical (unpaired) electrons. The van der Waals surface area contributed by atoms with Gasteiger partial charge in [-0.2, -0.15) is 9.36 Å². The van der Waals surface area contributed by atoms with Gasteiger partial charge in [-0.1, -0.05) is 34.8 Å². The second-order valence-corrected chi connectivity index (χ2v) is 6.83. The van der Waals surface area contributed by atoms with E-state index in [1.54, 1.807) is 0 Å². The number of nitrogens with one attached hydrogen (secondary N) is 1. The predicted octanol–water partition coefficient (Wildman–Crippen LogP) is 3.58. The van der Waals surface area contributed by atoms with Crippen LogP contribution in [0.15, 0.2) is 0 Å². The van der Waals surface area contributed by atoms with Crippen LogP contribution in [-0.2, 0) is 3.79 Å². The molecule has 0 saturated carbocycles. The van der Waals surface area contributed by atoms with Crippen molar-refractivity contribution in [1.29, 1.82) is 0 Å². The van der Waals surface area contributed by atoms with Crippen molar-refractivity contribution in [2.45, 2.75) is 30.1 Å². The van der Waals surface area contributed by atoms with E-state index in [-0.39, 0.29) is 11.4 Å². The van der Waals surface area contributed by atoms with Gasteiger partial charge in [-0.05, 0) is 20.8 Å². The van der Waals surface area contributed by atoms with Crippen molar-refractivity contribution in [3.8, 4) is 0 Å². The molecule has 1 aromatic rings. The quantitative estimate of drug-likeness (QED) is 0.796. The molecule has 14 heavy (non-hydrogen) atoms. The minimum absolute atomic E-state index is 0.0790. The highest BCUT2D eigenvalue weighted by atomic mass is 35.6. The van der Waals surface area contributed by atoms with Crippen LogP contribution < -0.4 is 5.32 Å². The van der Waals surface area contributed by atoms with Crippen LogP contribution in [0.3, 0.4) is 0 Å². The van der Waals surface area contributed by atoms with Crippen LogP contribution in [0.25, 0.3) is 0 Å². The van der Waals surface area contributed by atoms with Gasteiger partial charge in [0, 0.05) is 17.1 Å². The fourth-order valence-electron chi connectivity index (χ4n) is 0.710. The van der Waals surface area contributed by atoms with Gasteiger partial charge in [0.2, 0.25) is 5.13 Å². The molecule has 7 heteroatoms. The molecule has 0 fully saturated rings. The van der Waals surface area contributed by atoms with Crippen molar-refractivity contribution in [2.75, 3.05) is 5.32 Å². The summed E-state index contributed by atoms with van der Waals surface area (Å²) in [6.45, 7) is 6.05. The molecule has 1 heterocycles. The maximum absolute atomic E-state index is 5.63. The number of anilines is 1. The molecule has 3 nitrogen and oxygen atoms in total. The van der Waals surface area contributed by atoms with Gasteiger partial charge < -0.3 is 5.32 Å². The van der Waals surface area contributed by atoms with Crippen LogP contribution >= 0.6 is 46.3 Å². The third-order valence-corrected chi connectivity index (χ3v) is 2.30. The lowest BCUT2D eigenvalue weighted by atomic mass is 10.1. The minimum atomic E-state index is -1.55. The second-order valence-electron chi connectivity index (χ2n) is 3.80. The average Bonchev–Trinajstić information content (AvgIpc) is 2.29. The van der Waals surface area contributed by atoms with Gasteiger partial charge in [-0.15, -0.1) is 0 Å². The number of alkyl halides is 3. The molecule has 0 aromatic carbocycles. The molecule has 0 aliphatic rings. The van der Waals surface area contributed by atoms with Crippen molar-refractivity contribution in [2.24, 2.45) is 0 Å². The Morgan fingerprint density at radius 3 is 2.14 bits per heavy atom. The third-order valence-electron chi connectivity index (χ3n) is 1.16. The van der Waals surface area contributed by atoms with Crippen LogP contribution in [0.1, 0.15) is 26.6 Å². The lowest BCUT2D eigenvalue weighted by Crippen LogP contribution is -2.26. The lowest BCUT2D eigenvalue weighted by molar-refractivity contribution is 0.633. The predicted molar refractivity (Wildman–Crippen MR) is 62.5 cm³/mol. The first kappa shape index (κ1) is 12.3. The molecule has 1 N–H and O–H groups in total. The Balaban J connectivity index is 2.79. The summed E-state index contributed by atoms with van der Waals surface area (Å²) in [4.78, 5) is 4.07. The molecular weight excluding hydrogens is 265 g/mol. The standard InChI is InChI=1S/C7H10Cl3N3S/c1-6(2,3)12-5-11-4(13-14-5)7(8,9)10/h1-3H3,(H,11,12,13). The van der Waals surface area contributed by atoms with Gasteiger partial charge in [0.1, 0.15) is 0 Å². The smallest absolute Gasteiger partial charge is 0.251 e. The summed E-state index contributed by atoms with van der Waals surface area (Å²) in [7, 11) is 0. The lowest BCUT2D eigenvalue weighted by Gasteiger charge is -2.19. The number of hydrogen-bond acceptors (Lipinski definition) is 4. The number of rotatable bonds is 1. The molecule has 0 bridgehead atoms. The van der Waals surface area contributed by atoms with E-state index in [0.29, 0.717) is 5.13 Å². The number of nitrogens with zero attached hydrogens (tertiary/aromatic N) is 2. The summed E-state index contributed by atoms with van der Waals surface area (Å²) in [6, 6.07) is 0. The zero-order valence-electron chi connectivity index (χ0n) is 7.94. The van der Waals surface area contributed by atoms with Gasteiger partial charge in [0.25, 0.3) is 3.79 Å². The van der Waals surface area contributed by atoms with E-state index in [2.05, 4.69) is 14.7 Å². The van der Waals surface area contributed by atoms with E-state index < -0.39 is 3.79 Å². The zero-order valence-corrected chi connectivity index (χ0v) is 11.0. The summed E-state index contributed by atoms with van der Waals surface area (Å²) >= 11 is 18.1. The Labute approximate surface area is 102 Å². The summed E-state index contributed by atoms with van der Waals surface area (Å²) in [5, 5.41) is 3.79. The highest BCUT2D eigenvalue weighted by Gasteiger charge is 2.28. The van der Waals surface area contributed by atoms with Crippen LogP contribution in [0.4, 0.5) is 5.13 Å². The van der Waals surface area contributed by atoms with Crippen molar-refractivity contribution in [3.05, 3.63) is 5.82 Å². The Bertz CT molecular complexity index is 313. The number of halogens is 3. The Hall–Kier alpha value is 0.230.